The standard InChI is InChI=1S/C21H26N2O7/c1-12(2)22-13(3)17(19(24)25)21(9-10-30-5,18(14(22)4)20(26)27)15-7-6-8-16(11-15)23(28)29/h6-8,11-12H,9-10H2,1-5H3,(H,24,25)(H,26,27). The lowest BCUT2D eigenvalue weighted by molar-refractivity contribution is -0.385. The summed E-state index contributed by atoms with van der Waals surface area (Å²) in [5, 5.41) is 31.8. The van der Waals surface area contributed by atoms with Crippen LogP contribution in [0.2, 0.25) is 0 Å². The maximum absolute atomic E-state index is 12.5. The van der Waals surface area contributed by atoms with E-state index in [0.29, 0.717) is 11.4 Å². The number of nitro benzene ring substituents is 1. The van der Waals surface area contributed by atoms with Crippen molar-refractivity contribution < 1.29 is 29.5 Å². The molecule has 1 aliphatic heterocycles. The fourth-order valence-electron chi connectivity index (χ4n) is 4.51. The lowest BCUT2D eigenvalue weighted by Crippen LogP contribution is -2.47. The van der Waals surface area contributed by atoms with Crippen molar-refractivity contribution >= 4 is 17.6 Å². The van der Waals surface area contributed by atoms with E-state index >= 15 is 0 Å². The smallest absolute Gasteiger partial charge is 0.334 e. The highest BCUT2D eigenvalue weighted by Gasteiger charge is 2.52. The highest BCUT2D eigenvalue weighted by molar-refractivity contribution is 6.00. The molecule has 162 valence electrons. The molecule has 1 aliphatic rings. The number of allylic oxidation sites excluding steroid dienone is 2. The minimum Gasteiger partial charge on any atom is -0.478 e. The van der Waals surface area contributed by atoms with Gasteiger partial charge in [0.15, 0.2) is 0 Å². The number of nitro groups is 1. The molecule has 2 rings (SSSR count). The highest BCUT2D eigenvalue weighted by Crippen LogP contribution is 2.50. The second-order valence-electron chi connectivity index (χ2n) is 7.45. The molecule has 2 N–H and O–H groups in total. The molecule has 9 nitrogen and oxygen atoms in total. The van der Waals surface area contributed by atoms with Crippen molar-refractivity contribution in [2.45, 2.75) is 45.6 Å². The summed E-state index contributed by atoms with van der Waals surface area (Å²) in [6.45, 7) is 6.98. The van der Waals surface area contributed by atoms with E-state index < -0.39 is 22.3 Å². The molecule has 0 bridgehead atoms. The van der Waals surface area contributed by atoms with E-state index in [1.54, 1.807) is 18.7 Å². The van der Waals surface area contributed by atoms with E-state index in [1.165, 1.54) is 31.4 Å². The molecule has 0 atom stereocenters. The third kappa shape index (κ3) is 3.68. The van der Waals surface area contributed by atoms with Gasteiger partial charge in [-0.15, -0.1) is 0 Å². The van der Waals surface area contributed by atoms with Crippen LogP contribution >= 0.6 is 0 Å². The maximum atomic E-state index is 12.5. The SMILES string of the molecule is COCCC1(c2cccc([N+](=O)[O-])c2)C(C(=O)O)=C(C)N(C(C)C)C(C)=C1C(=O)O. The molecule has 0 saturated heterocycles. The molecule has 0 fully saturated rings. The number of carbonyl (C=O) groups is 2. The third-order valence-electron chi connectivity index (χ3n) is 5.47. The quantitative estimate of drug-likeness (QED) is 0.486. The van der Waals surface area contributed by atoms with Gasteiger partial charge in [0.05, 0.1) is 21.5 Å². The van der Waals surface area contributed by atoms with Crippen LogP contribution in [0, 0.1) is 10.1 Å². The summed E-state index contributed by atoms with van der Waals surface area (Å²) in [6.07, 6.45) is -0.00541. The number of rotatable bonds is 8. The van der Waals surface area contributed by atoms with E-state index in [1.807, 2.05) is 13.8 Å². The highest BCUT2D eigenvalue weighted by atomic mass is 16.6. The van der Waals surface area contributed by atoms with E-state index in [-0.39, 0.29) is 41.5 Å². The van der Waals surface area contributed by atoms with Gasteiger partial charge < -0.3 is 19.8 Å². The Morgan fingerprint density at radius 2 is 1.70 bits per heavy atom. The number of hydrogen-bond donors (Lipinski definition) is 2. The zero-order valence-electron chi connectivity index (χ0n) is 17.6. The summed E-state index contributed by atoms with van der Waals surface area (Å²) < 4.78 is 5.19. The van der Waals surface area contributed by atoms with Gasteiger partial charge in [0, 0.05) is 43.3 Å². The predicted octanol–water partition coefficient (Wildman–Crippen LogP) is 3.31. The number of methoxy groups -OCH3 is 1. The number of hydrogen-bond acceptors (Lipinski definition) is 6. The minimum atomic E-state index is -1.63. The molecule has 0 unspecified atom stereocenters. The van der Waals surface area contributed by atoms with Gasteiger partial charge in [-0.2, -0.15) is 0 Å². The number of nitrogens with zero attached hydrogens (tertiary/aromatic N) is 2. The number of aliphatic carboxylic acids is 2. The largest absolute Gasteiger partial charge is 0.478 e. The lowest BCUT2D eigenvalue weighted by atomic mass is 9.63. The summed E-state index contributed by atoms with van der Waals surface area (Å²) in [5.41, 5.74) is -1.12. The second-order valence-corrected chi connectivity index (χ2v) is 7.45. The van der Waals surface area contributed by atoms with Crippen molar-refractivity contribution in [1.29, 1.82) is 0 Å². The third-order valence-corrected chi connectivity index (χ3v) is 5.47. The number of non-ortho nitro benzene ring substituents is 1. The first-order chi connectivity index (χ1) is 14.0. The Morgan fingerprint density at radius 1 is 1.17 bits per heavy atom. The maximum Gasteiger partial charge on any atom is 0.334 e. The molecule has 0 aliphatic carbocycles. The molecule has 0 amide bonds. The zero-order chi connectivity index (χ0) is 22.8. The Bertz CT molecular complexity index is 908. The predicted molar refractivity (Wildman–Crippen MR) is 109 cm³/mol. The molecule has 1 aromatic rings. The first-order valence-corrected chi connectivity index (χ1v) is 9.43. The van der Waals surface area contributed by atoms with Gasteiger partial charge in [-0.05, 0) is 39.7 Å². The van der Waals surface area contributed by atoms with Gasteiger partial charge in [0.1, 0.15) is 0 Å². The lowest BCUT2D eigenvalue weighted by Gasteiger charge is -2.46. The summed E-state index contributed by atoms with van der Waals surface area (Å²) in [4.78, 5) is 37.5. The first kappa shape index (κ1) is 23.1. The van der Waals surface area contributed by atoms with Crippen LogP contribution in [0.5, 0.6) is 0 Å². The van der Waals surface area contributed by atoms with Crippen LogP contribution in [-0.4, -0.2) is 51.7 Å². The summed E-state index contributed by atoms with van der Waals surface area (Å²) in [5.74, 6) is -2.57. The average Bonchev–Trinajstić information content (AvgIpc) is 2.64. The van der Waals surface area contributed by atoms with Gasteiger partial charge in [0.25, 0.3) is 5.69 Å². The molecule has 0 radical (unpaired) electrons. The average molecular weight is 418 g/mol. The molecule has 0 saturated carbocycles. The fraction of sp³-hybridized carbons (Fsp3) is 0.429. The van der Waals surface area contributed by atoms with Gasteiger partial charge >= 0.3 is 11.9 Å². The van der Waals surface area contributed by atoms with Crippen molar-refractivity contribution in [1.82, 2.24) is 4.90 Å². The molecular formula is C21H26N2O7. The van der Waals surface area contributed by atoms with Gasteiger partial charge in [-0.1, -0.05) is 12.1 Å². The normalized spacial score (nSPS) is 16.3. The summed E-state index contributed by atoms with van der Waals surface area (Å²) >= 11 is 0. The summed E-state index contributed by atoms with van der Waals surface area (Å²) in [7, 11) is 1.43. The Kier molecular flexibility index (Phi) is 6.66. The van der Waals surface area contributed by atoms with Gasteiger partial charge in [-0.25, -0.2) is 9.59 Å². The van der Waals surface area contributed by atoms with Gasteiger partial charge in [0.2, 0.25) is 0 Å². The van der Waals surface area contributed by atoms with Crippen LogP contribution in [0.15, 0.2) is 46.8 Å². The Morgan fingerprint density at radius 3 is 2.10 bits per heavy atom. The van der Waals surface area contributed by atoms with Crippen molar-refractivity contribution in [3.8, 4) is 0 Å². The van der Waals surface area contributed by atoms with E-state index in [0.717, 1.165) is 0 Å². The van der Waals surface area contributed by atoms with Crippen LogP contribution < -0.4 is 0 Å². The van der Waals surface area contributed by atoms with Crippen LogP contribution in [-0.2, 0) is 19.7 Å². The Labute approximate surface area is 174 Å². The molecule has 1 aromatic carbocycles. The van der Waals surface area contributed by atoms with E-state index in [2.05, 4.69) is 0 Å². The topological polar surface area (TPSA) is 130 Å². The molecule has 9 heteroatoms. The zero-order valence-corrected chi connectivity index (χ0v) is 17.6. The number of ether oxygens (including phenoxy) is 1. The fourth-order valence-corrected chi connectivity index (χ4v) is 4.51. The number of carboxylic acids is 2. The van der Waals surface area contributed by atoms with Gasteiger partial charge in [-0.3, -0.25) is 10.1 Å². The van der Waals surface area contributed by atoms with Crippen molar-refractivity contribution in [3.63, 3.8) is 0 Å². The number of benzene rings is 1. The van der Waals surface area contributed by atoms with Crippen molar-refractivity contribution in [3.05, 3.63) is 62.5 Å². The second kappa shape index (κ2) is 8.66. The molecule has 1 heterocycles. The molecule has 0 aromatic heterocycles. The van der Waals surface area contributed by atoms with E-state index in [4.69, 9.17) is 4.74 Å². The van der Waals surface area contributed by atoms with Crippen molar-refractivity contribution in [2.75, 3.05) is 13.7 Å². The minimum absolute atomic E-state index is 0.00541. The molecular weight excluding hydrogens is 392 g/mol. The Hall–Kier alpha value is -3.20. The van der Waals surface area contributed by atoms with Crippen LogP contribution in [0.3, 0.4) is 0 Å². The van der Waals surface area contributed by atoms with Crippen LogP contribution in [0.4, 0.5) is 5.69 Å². The monoisotopic (exact) mass is 418 g/mol. The van der Waals surface area contributed by atoms with Crippen LogP contribution in [0.25, 0.3) is 0 Å². The van der Waals surface area contributed by atoms with Crippen molar-refractivity contribution in [2.24, 2.45) is 0 Å². The number of carboxylic acid groups (broad SMARTS) is 2. The Balaban J connectivity index is 3.05. The first-order valence-electron chi connectivity index (χ1n) is 9.43. The summed E-state index contributed by atoms with van der Waals surface area (Å²) in [6, 6.07) is 5.29. The van der Waals surface area contributed by atoms with Crippen LogP contribution in [0.1, 0.15) is 39.7 Å². The van der Waals surface area contributed by atoms with E-state index in [9.17, 15) is 29.9 Å². The molecule has 30 heavy (non-hydrogen) atoms. The molecule has 0 spiro atoms.